The Labute approximate surface area is 107 Å². The van der Waals surface area contributed by atoms with E-state index in [-0.39, 0.29) is 5.91 Å². The lowest BCUT2D eigenvalue weighted by Crippen LogP contribution is -2.13. The number of hydrogen-bond acceptors (Lipinski definition) is 3. The van der Waals surface area contributed by atoms with E-state index >= 15 is 0 Å². The third-order valence-electron chi connectivity index (χ3n) is 2.33. The van der Waals surface area contributed by atoms with Crippen LogP contribution in [0.25, 0.3) is 0 Å². The lowest BCUT2D eigenvalue weighted by atomic mass is 10.2. The number of carbonyl (C=O) groups is 1. The highest BCUT2D eigenvalue weighted by Crippen LogP contribution is 2.13. The smallest absolute Gasteiger partial charge is 0.258 e. The minimum atomic E-state index is -0.205. The number of nitrogens with one attached hydrogen (secondary N) is 2. The summed E-state index contributed by atoms with van der Waals surface area (Å²) >= 11 is 3.22. The van der Waals surface area contributed by atoms with Gasteiger partial charge in [0.15, 0.2) is 0 Å². The number of amides is 1. The zero-order valence-corrected chi connectivity index (χ0v) is 10.8. The van der Waals surface area contributed by atoms with E-state index in [1.54, 1.807) is 18.3 Å². The average molecular weight is 295 g/mol. The Balaban J connectivity index is 2.14. The summed E-state index contributed by atoms with van der Waals surface area (Å²) in [6, 6.07) is 3.43. The van der Waals surface area contributed by atoms with Crippen LogP contribution in [-0.2, 0) is 6.42 Å². The van der Waals surface area contributed by atoms with Crippen molar-refractivity contribution in [3.05, 3.63) is 40.3 Å². The highest BCUT2D eigenvalue weighted by atomic mass is 79.9. The second-order valence-corrected chi connectivity index (χ2v) is 4.26. The molecule has 5 nitrogen and oxygen atoms in total. The van der Waals surface area contributed by atoms with Gasteiger partial charge in [-0.05, 0) is 34.5 Å². The Hall–Kier alpha value is -1.69. The molecule has 0 saturated carbocycles. The van der Waals surface area contributed by atoms with Crippen molar-refractivity contribution in [1.82, 2.24) is 15.2 Å². The van der Waals surface area contributed by atoms with Gasteiger partial charge >= 0.3 is 0 Å². The standard InChI is InChI=1S/C11H11BrN4O/c1-2-7-6-14-16-10(7)15-11(17)8-3-4-9(12)13-5-8/h3-6H,2H2,1H3,(H2,14,15,16,17). The summed E-state index contributed by atoms with van der Waals surface area (Å²) in [6.45, 7) is 2.00. The molecule has 0 saturated heterocycles. The molecule has 0 spiro atoms. The van der Waals surface area contributed by atoms with E-state index in [2.05, 4.69) is 36.4 Å². The van der Waals surface area contributed by atoms with E-state index in [0.29, 0.717) is 16.0 Å². The molecule has 88 valence electrons. The maximum Gasteiger partial charge on any atom is 0.258 e. The van der Waals surface area contributed by atoms with Gasteiger partial charge in [-0.1, -0.05) is 6.92 Å². The van der Waals surface area contributed by atoms with Gasteiger partial charge in [0.05, 0.1) is 11.8 Å². The Morgan fingerprint density at radius 3 is 2.94 bits per heavy atom. The van der Waals surface area contributed by atoms with Crippen LogP contribution in [0.3, 0.4) is 0 Å². The summed E-state index contributed by atoms with van der Waals surface area (Å²) in [4.78, 5) is 15.9. The predicted molar refractivity (Wildman–Crippen MR) is 67.9 cm³/mol. The number of aryl methyl sites for hydroxylation is 1. The molecule has 0 unspecified atom stereocenters. The van der Waals surface area contributed by atoms with E-state index < -0.39 is 0 Å². The second kappa shape index (κ2) is 5.09. The van der Waals surface area contributed by atoms with Crippen LogP contribution in [-0.4, -0.2) is 21.1 Å². The maximum absolute atomic E-state index is 11.9. The first-order valence-electron chi connectivity index (χ1n) is 5.16. The van der Waals surface area contributed by atoms with Gasteiger partial charge in [-0.2, -0.15) is 5.10 Å². The minimum Gasteiger partial charge on any atom is -0.307 e. The van der Waals surface area contributed by atoms with Gasteiger partial charge in [0, 0.05) is 11.8 Å². The first-order valence-corrected chi connectivity index (χ1v) is 5.95. The van der Waals surface area contributed by atoms with Gasteiger partial charge < -0.3 is 5.32 Å². The molecule has 2 rings (SSSR count). The van der Waals surface area contributed by atoms with Gasteiger partial charge in [-0.25, -0.2) is 4.98 Å². The van der Waals surface area contributed by atoms with E-state index in [4.69, 9.17) is 0 Å². The molecule has 0 aliphatic carbocycles. The largest absolute Gasteiger partial charge is 0.307 e. The van der Waals surface area contributed by atoms with Crippen LogP contribution < -0.4 is 5.32 Å². The van der Waals surface area contributed by atoms with Crippen LogP contribution in [0, 0.1) is 0 Å². The quantitative estimate of drug-likeness (QED) is 0.854. The Morgan fingerprint density at radius 2 is 2.29 bits per heavy atom. The third-order valence-corrected chi connectivity index (χ3v) is 2.80. The summed E-state index contributed by atoms with van der Waals surface area (Å²) in [5.41, 5.74) is 1.48. The average Bonchev–Trinajstić information content (AvgIpc) is 2.77. The fourth-order valence-corrected chi connectivity index (χ4v) is 1.62. The zero-order chi connectivity index (χ0) is 12.3. The normalized spacial score (nSPS) is 10.2. The number of anilines is 1. The van der Waals surface area contributed by atoms with Crippen LogP contribution in [0.15, 0.2) is 29.1 Å². The molecule has 1 amide bonds. The Bertz CT molecular complexity index is 521. The number of pyridine rings is 1. The van der Waals surface area contributed by atoms with Crippen molar-refractivity contribution < 1.29 is 4.79 Å². The number of halogens is 1. The maximum atomic E-state index is 11.9. The summed E-state index contributed by atoms with van der Waals surface area (Å²) in [6.07, 6.45) is 4.03. The Kier molecular flexibility index (Phi) is 3.53. The lowest BCUT2D eigenvalue weighted by Gasteiger charge is -2.04. The molecule has 0 aromatic carbocycles. The van der Waals surface area contributed by atoms with Crippen LogP contribution >= 0.6 is 15.9 Å². The number of rotatable bonds is 3. The molecule has 2 heterocycles. The number of hydrogen-bond donors (Lipinski definition) is 2. The number of nitrogens with zero attached hydrogens (tertiary/aromatic N) is 2. The molecule has 2 aromatic heterocycles. The number of aromatic amines is 1. The fourth-order valence-electron chi connectivity index (χ4n) is 1.38. The first kappa shape index (κ1) is 11.8. The molecule has 0 fully saturated rings. The molecule has 2 N–H and O–H groups in total. The van der Waals surface area contributed by atoms with Crippen LogP contribution in [0.2, 0.25) is 0 Å². The van der Waals surface area contributed by atoms with Gasteiger partial charge in [0.25, 0.3) is 5.91 Å². The summed E-state index contributed by atoms with van der Waals surface area (Å²) in [5, 5.41) is 9.41. The number of aromatic nitrogens is 3. The summed E-state index contributed by atoms with van der Waals surface area (Å²) in [5.74, 6) is 0.435. The fraction of sp³-hybridized carbons (Fsp3) is 0.182. The molecule has 0 aliphatic heterocycles. The van der Waals surface area contributed by atoms with Crippen LogP contribution in [0.5, 0.6) is 0 Å². The van der Waals surface area contributed by atoms with Gasteiger partial charge in [0.1, 0.15) is 10.4 Å². The monoisotopic (exact) mass is 294 g/mol. The summed E-state index contributed by atoms with van der Waals surface area (Å²) < 4.78 is 0.699. The van der Waals surface area contributed by atoms with Gasteiger partial charge in [-0.15, -0.1) is 0 Å². The van der Waals surface area contributed by atoms with Crippen LogP contribution in [0.1, 0.15) is 22.8 Å². The van der Waals surface area contributed by atoms with Crippen molar-refractivity contribution in [1.29, 1.82) is 0 Å². The highest BCUT2D eigenvalue weighted by molar-refractivity contribution is 9.10. The molecule has 2 aromatic rings. The molecule has 0 aliphatic rings. The zero-order valence-electron chi connectivity index (χ0n) is 9.20. The van der Waals surface area contributed by atoms with Gasteiger partial charge in [-0.3, -0.25) is 9.89 Å². The topological polar surface area (TPSA) is 70.7 Å². The molecule has 0 bridgehead atoms. The molecule has 0 atom stereocenters. The van der Waals surface area contributed by atoms with Crippen molar-refractivity contribution in [3.63, 3.8) is 0 Å². The number of H-pyrrole nitrogens is 1. The molecule has 17 heavy (non-hydrogen) atoms. The first-order chi connectivity index (χ1) is 8.20. The van der Waals surface area contributed by atoms with Crippen molar-refractivity contribution in [3.8, 4) is 0 Å². The lowest BCUT2D eigenvalue weighted by molar-refractivity contribution is 0.102. The minimum absolute atomic E-state index is 0.205. The van der Waals surface area contributed by atoms with Gasteiger partial charge in [0.2, 0.25) is 0 Å². The van der Waals surface area contributed by atoms with Crippen molar-refractivity contribution in [2.75, 3.05) is 5.32 Å². The van der Waals surface area contributed by atoms with Crippen molar-refractivity contribution in [2.45, 2.75) is 13.3 Å². The third kappa shape index (κ3) is 2.71. The Morgan fingerprint density at radius 1 is 1.47 bits per heavy atom. The van der Waals surface area contributed by atoms with E-state index in [0.717, 1.165) is 12.0 Å². The second-order valence-electron chi connectivity index (χ2n) is 3.45. The number of carbonyl (C=O) groups excluding carboxylic acids is 1. The molecule has 0 radical (unpaired) electrons. The van der Waals surface area contributed by atoms with E-state index in [1.807, 2.05) is 6.92 Å². The van der Waals surface area contributed by atoms with E-state index in [1.165, 1.54) is 6.20 Å². The predicted octanol–water partition coefficient (Wildman–Crippen LogP) is 2.38. The SMILES string of the molecule is CCc1cn[nH]c1NC(=O)c1ccc(Br)nc1. The summed E-state index contributed by atoms with van der Waals surface area (Å²) in [7, 11) is 0. The van der Waals surface area contributed by atoms with E-state index in [9.17, 15) is 4.79 Å². The van der Waals surface area contributed by atoms with Crippen LogP contribution in [0.4, 0.5) is 5.82 Å². The highest BCUT2D eigenvalue weighted by Gasteiger charge is 2.10. The molecular weight excluding hydrogens is 284 g/mol. The molecular formula is C11H11BrN4O. The van der Waals surface area contributed by atoms with Crippen molar-refractivity contribution >= 4 is 27.7 Å². The van der Waals surface area contributed by atoms with Crippen molar-refractivity contribution in [2.24, 2.45) is 0 Å². The molecule has 6 heteroatoms.